The first-order chi connectivity index (χ1) is 9.65. The van der Waals surface area contributed by atoms with Gasteiger partial charge in [0.2, 0.25) is 0 Å². The first kappa shape index (κ1) is 17.2. The molecule has 2 unspecified atom stereocenters. The first-order valence-electron chi connectivity index (χ1n) is 7.46. The van der Waals surface area contributed by atoms with E-state index in [0.717, 1.165) is 17.4 Å². The summed E-state index contributed by atoms with van der Waals surface area (Å²) in [5.74, 6) is 0.443. The van der Waals surface area contributed by atoms with Crippen molar-refractivity contribution in [2.24, 2.45) is 5.92 Å². The standard InChI is InChI=1S/C16H27ClN2OS/c1-15(2)12(14(18-5)16(3,4)20-15)10-19(6)9-11-7-8-13(17)21-11/h7-8,12,14,18H,9-10H2,1-6H3. The van der Waals surface area contributed by atoms with Gasteiger partial charge in [-0.3, -0.25) is 0 Å². The number of nitrogens with zero attached hydrogens (tertiary/aromatic N) is 1. The summed E-state index contributed by atoms with van der Waals surface area (Å²) in [6, 6.07) is 4.43. The molecule has 0 bridgehead atoms. The van der Waals surface area contributed by atoms with Gasteiger partial charge in [-0.15, -0.1) is 11.3 Å². The highest BCUT2D eigenvalue weighted by Gasteiger charge is 2.53. The van der Waals surface area contributed by atoms with Crippen molar-refractivity contribution < 1.29 is 4.74 Å². The Morgan fingerprint density at radius 3 is 2.48 bits per heavy atom. The zero-order valence-electron chi connectivity index (χ0n) is 13.9. The SMILES string of the molecule is CNC1C(CN(C)Cc2ccc(Cl)s2)C(C)(C)OC1(C)C. The molecule has 1 saturated heterocycles. The van der Waals surface area contributed by atoms with Crippen LogP contribution in [0.25, 0.3) is 0 Å². The lowest BCUT2D eigenvalue weighted by atomic mass is 9.82. The summed E-state index contributed by atoms with van der Waals surface area (Å²) in [6.45, 7) is 10.7. The smallest absolute Gasteiger partial charge is 0.0931 e. The van der Waals surface area contributed by atoms with E-state index in [0.29, 0.717) is 12.0 Å². The normalized spacial score (nSPS) is 27.4. The van der Waals surface area contributed by atoms with Crippen LogP contribution in [0.2, 0.25) is 4.34 Å². The molecule has 1 aromatic heterocycles. The number of likely N-dealkylation sites (N-methyl/N-ethyl adjacent to an activating group) is 1. The largest absolute Gasteiger partial charge is 0.368 e. The Bertz CT molecular complexity index is 486. The fourth-order valence-electron chi connectivity index (χ4n) is 3.68. The maximum absolute atomic E-state index is 6.30. The summed E-state index contributed by atoms with van der Waals surface area (Å²) in [5, 5.41) is 3.46. The summed E-state index contributed by atoms with van der Waals surface area (Å²) < 4.78 is 7.16. The maximum atomic E-state index is 6.30. The van der Waals surface area contributed by atoms with Crippen molar-refractivity contribution in [3.63, 3.8) is 0 Å². The van der Waals surface area contributed by atoms with Crippen LogP contribution in [0.1, 0.15) is 32.6 Å². The zero-order chi connectivity index (χ0) is 15.8. The zero-order valence-corrected chi connectivity index (χ0v) is 15.4. The van der Waals surface area contributed by atoms with Gasteiger partial charge in [0.25, 0.3) is 0 Å². The van der Waals surface area contributed by atoms with Gasteiger partial charge < -0.3 is 15.0 Å². The summed E-state index contributed by atoms with van der Waals surface area (Å²) in [4.78, 5) is 3.67. The summed E-state index contributed by atoms with van der Waals surface area (Å²) in [6.07, 6.45) is 0. The summed E-state index contributed by atoms with van der Waals surface area (Å²) >= 11 is 7.67. The van der Waals surface area contributed by atoms with Gasteiger partial charge in [0.1, 0.15) is 0 Å². The van der Waals surface area contributed by atoms with Crippen LogP contribution in [-0.2, 0) is 11.3 Å². The Morgan fingerprint density at radius 1 is 1.29 bits per heavy atom. The van der Waals surface area contributed by atoms with Crippen molar-refractivity contribution in [3.8, 4) is 0 Å². The number of thiophene rings is 1. The predicted molar refractivity (Wildman–Crippen MR) is 91.2 cm³/mol. The molecule has 1 aliphatic rings. The second-order valence-corrected chi connectivity index (χ2v) is 8.88. The predicted octanol–water partition coefficient (Wildman–Crippen LogP) is 3.62. The molecular formula is C16H27ClN2OS. The van der Waals surface area contributed by atoms with E-state index >= 15 is 0 Å². The van der Waals surface area contributed by atoms with E-state index in [1.54, 1.807) is 11.3 Å². The van der Waals surface area contributed by atoms with Crippen LogP contribution in [-0.4, -0.2) is 42.8 Å². The van der Waals surface area contributed by atoms with E-state index in [-0.39, 0.29) is 11.2 Å². The molecule has 2 atom stereocenters. The molecule has 5 heteroatoms. The number of ether oxygens (including phenoxy) is 1. The minimum Gasteiger partial charge on any atom is -0.368 e. The third-order valence-corrected chi connectivity index (χ3v) is 5.66. The lowest BCUT2D eigenvalue weighted by Crippen LogP contribution is -2.49. The minimum atomic E-state index is -0.143. The monoisotopic (exact) mass is 330 g/mol. The van der Waals surface area contributed by atoms with E-state index in [9.17, 15) is 0 Å². The molecule has 1 fully saturated rings. The molecule has 0 aromatic carbocycles. The molecule has 120 valence electrons. The van der Waals surface area contributed by atoms with Crippen molar-refractivity contribution >= 4 is 22.9 Å². The van der Waals surface area contributed by atoms with Crippen LogP contribution < -0.4 is 5.32 Å². The fraction of sp³-hybridized carbons (Fsp3) is 0.750. The van der Waals surface area contributed by atoms with Gasteiger partial charge in [-0.05, 0) is 53.9 Å². The topological polar surface area (TPSA) is 24.5 Å². The van der Waals surface area contributed by atoms with Crippen LogP contribution in [0.4, 0.5) is 0 Å². The molecule has 3 nitrogen and oxygen atoms in total. The van der Waals surface area contributed by atoms with Crippen molar-refractivity contribution in [1.29, 1.82) is 0 Å². The van der Waals surface area contributed by atoms with Gasteiger partial charge in [0.05, 0.1) is 15.5 Å². The Kier molecular flexibility index (Phi) is 5.06. The van der Waals surface area contributed by atoms with Crippen molar-refractivity contribution in [1.82, 2.24) is 10.2 Å². The van der Waals surface area contributed by atoms with E-state index in [1.807, 2.05) is 13.1 Å². The minimum absolute atomic E-state index is 0.126. The molecule has 21 heavy (non-hydrogen) atoms. The Morgan fingerprint density at radius 2 is 1.95 bits per heavy atom. The molecule has 0 aliphatic carbocycles. The number of rotatable bonds is 5. The summed E-state index contributed by atoms with van der Waals surface area (Å²) in [5.41, 5.74) is -0.269. The van der Waals surface area contributed by atoms with Gasteiger partial charge in [-0.2, -0.15) is 0 Å². The van der Waals surface area contributed by atoms with Gasteiger partial charge in [0.15, 0.2) is 0 Å². The first-order valence-corrected chi connectivity index (χ1v) is 8.65. The fourth-order valence-corrected chi connectivity index (χ4v) is 4.85. The highest BCUT2D eigenvalue weighted by atomic mass is 35.5. The Hall–Kier alpha value is -0.130. The Labute approximate surface area is 137 Å². The quantitative estimate of drug-likeness (QED) is 0.892. The molecule has 1 aromatic rings. The van der Waals surface area contributed by atoms with Gasteiger partial charge in [-0.1, -0.05) is 11.6 Å². The third kappa shape index (κ3) is 3.80. The summed E-state index contributed by atoms with van der Waals surface area (Å²) in [7, 11) is 4.20. The van der Waals surface area contributed by atoms with Crippen molar-refractivity contribution in [2.45, 2.75) is 51.5 Å². The van der Waals surface area contributed by atoms with Crippen LogP contribution in [0.5, 0.6) is 0 Å². The highest BCUT2D eigenvalue weighted by molar-refractivity contribution is 7.16. The molecular weight excluding hydrogens is 304 g/mol. The van der Waals surface area contributed by atoms with Gasteiger partial charge >= 0.3 is 0 Å². The molecule has 1 N–H and O–H groups in total. The second-order valence-electron chi connectivity index (χ2n) is 7.08. The second kappa shape index (κ2) is 6.17. The average molecular weight is 331 g/mol. The van der Waals surface area contributed by atoms with Gasteiger partial charge in [0, 0.05) is 29.9 Å². The molecule has 2 rings (SSSR count). The van der Waals surface area contributed by atoms with Gasteiger partial charge in [-0.25, -0.2) is 0 Å². The molecule has 1 aliphatic heterocycles. The van der Waals surface area contributed by atoms with Crippen LogP contribution in [0.3, 0.4) is 0 Å². The lowest BCUT2D eigenvalue weighted by Gasteiger charge is -2.32. The number of halogens is 1. The molecule has 2 heterocycles. The lowest BCUT2D eigenvalue weighted by molar-refractivity contribution is -0.0791. The van der Waals surface area contributed by atoms with Crippen molar-refractivity contribution in [2.75, 3.05) is 20.6 Å². The third-order valence-electron chi connectivity index (χ3n) is 4.44. The van der Waals surface area contributed by atoms with Crippen molar-refractivity contribution in [3.05, 3.63) is 21.3 Å². The van der Waals surface area contributed by atoms with E-state index in [2.05, 4.69) is 51.0 Å². The maximum Gasteiger partial charge on any atom is 0.0931 e. The highest BCUT2D eigenvalue weighted by Crippen LogP contribution is 2.42. The Balaban J connectivity index is 2.06. The van der Waals surface area contributed by atoms with Crippen LogP contribution in [0.15, 0.2) is 12.1 Å². The van der Waals surface area contributed by atoms with E-state index < -0.39 is 0 Å². The number of hydrogen-bond acceptors (Lipinski definition) is 4. The molecule has 0 spiro atoms. The molecule has 0 saturated carbocycles. The van der Waals surface area contributed by atoms with Crippen LogP contribution >= 0.6 is 22.9 Å². The average Bonchev–Trinajstić information content (AvgIpc) is 2.78. The van der Waals surface area contributed by atoms with E-state index in [4.69, 9.17) is 16.3 Å². The molecule has 0 radical (unpaired) electrons. The van der Waals surface area contributed by atoms with Crippen LogP contribution in [0, 0.1) is 5.92 Å². The molecule has 0 amide bonds. The number of nitrogens with one attached hydrogen (secondary N) is 1. The number of hydrogen-bond donors (Lipinski definition) is 1. The van der Waals surface area contributed by atoms with E-state index in [1.165, 1.54) is 4.88 Å².